The summed E-state index contributed by atoms with van der Waals surface area (Å²) in [5, 5.41) is 3.48. The second-order valence-corrected chi connectivity index (χ2v) is 6.80. The van der Waals surface area contributed by atoms with Crippen molar-refractivity contribution < 1.29 is 4.74 Å². The predicted molar refractivity (Wildman–Crippen MR) is 111 cm³/mol. The molecule has 28 heavy (non-hydrogen) atoms. The number of hydrogen-bond donors (Lipinski definition) is 1. The molecule has 1 N–H and O–H groups in total. The molecule has 1 fully saturated rings. The molecule has 1 aliphatic heterocycles. The van der Waals surface area contributed by atoms with E-state index in [9.17, 15) is 0 Å². The molecule has 0 unspecified atom stereocenters. The van der Waals surface area contributed by atoms with Gasteiger partial charge in [0, 0.05) is 49.2 Å². The third kappa shape index (κ3) is 4.91. The van der Waals surface area contributed by atoms with E-state index in [1.165, 1.54) is 0 Å². The molecule has 0 saturated carbocycles. The van der Waals surface area contributed by atoms with Gasteiger partial charge >= 0.3 is 0 Å². The summed E-state index contributed by atoms with van der Waals surface area (Å²) >= 11 is 0. The van der Waals surface area contributed by atoms with Crippen molar-refractivity contribution in [1.82, 2.24) is 19.9 Å². The van der Waals surface area contributed by atoms with E-state index in [0.717, 1.165) is 74.3 Å². The molecule has 0 atom stereocenters. The Morgan fingerprint density at radius 2 is 1.71 bits per heavy atom. The van der Waals surface area contributed by atoms with Crippen molar-refractivity contribution in [3.05, 3.63) is 60.9 Å². The van der Waals surface area contributed by atoms with E-state index >= 15 is 0 Å². The first-order valence-corrected chi connectivity index (χ1v) is 9.77. The molecule has 6 heteroatoms. The van der Waals surface area contributed by atoms with Crippen molar-refractivity contribution in [2.45, 2.75) is 6.42 Å². The summed E-state index contributed by atoms with van der Waals surface area (Å²) in [5.74, 6) is 1.58. The summed E-state index contributed by atoms with van der Waals surface area (Å²) in [6.07, 6.45) is 4.64. The largest absolute Gasteiger partial charge is 0.379 e. The van der Waals surface area contributed by atoms with Crippen LogP contribution in [-0.2, 0) is 4.74 Å². The number of nitrogens with zero attached hydrogens (tertiary/aromatic N) is 4. The molecule has 3 heterocycles. The molecular formula is C22H25N5O. The van der Waals surface area contributed by atoms with Crippen molar-refractivity contribution in [2.24, 2.45) is 0 Å². The van der Waals surface area contributed by atoms with Gasteiger partial charge in [0.15, 0.2) is 5.82 Å². The topological polar surface area (TPSA) is 63.2 Å². The first-order chi connectivity index (χ1) is 13.9. The van der Waals surface area contributed by atoms with Crippen LogP contribution in [0.2, 0.25) is 0 Å². The molecule has 6 nitrogen and oxygen atoms in total. The van der Waals surface area contributed by atoms with E-state index in [-0.39, 0.29) is 0 Å². The first-order valence-electron chi connectivity index (χ1n) is 9.77. The van der Waals surface area contributed by atoms with Gasteiger partial charge in [-0.05, 0) is 25.1 Å². The van der Waals surface area contributed by atoms with Crippen molar-refractivity contribution in [3.8, 4) is 22.6 Å². The maximum atomic E-state index is 5.41. The molecular weight excluding hydrogens is 350 g/mol. The Balaban J connectivity index is 1.49. The summed E-state index contributed by atoms with van der Waals surface area (Å²) in [4.78, 5) is 16.1. The minimum atomic E-state index is 0.727. The monoisotopic (exact) mass is 375 g/mol. The lowest BCUT2D eigenvalue weighted by Crippen LogP contribution is -2.37. The van der Waals surface area contributed by atoms with Crippen LogP contribution in [-0.4, -0.2) is 59.2 Å². The van der Waals surface area contributed by atoms with Crippen LogP contribution in [0.15, 0.2) is 60.9 Å². The molecule has 2 aromatic heterocycles. The highest BCUT2D eigenvalue weighted by Gasteiger charge is 2.11. The Morgan fingerprint density at radius 1 is 0.929 bits per heavy atom. The zero-order chi connectivity index (χ0) is 19.0. The van der Waals surface area contributed by atoms with Crippen LogP contribution in [0.1, 0.15) is 6.42 Å². The lowest BCUT2D eigenvalue weighted by Gasteiger charge is -2.26. The molecule has 0 radical (unpaired) electrons. The van der Waals surface area contributed by atoms with Gasteiger partial charge in [0.05, 0.1) is 18.9 Å². The number of aromatic nitrogens is 3. The minimum absolute atomic E-state index is 0.727. The van der Waals surface area contributed by atoms with Crippen molar-refractivity contribution in [1.29, 1.82) is 0 Å². The standard InChI is InChI=1S/C22H25N5O/c1-2-5-19(6-3-1)22-25-20(18-7-10-23-11-8-18)17-21(26-22)24-9-4-12-27-13-15-28-16-14-27/h1-3,5-8,10-11,17H,4,9,12-16H2,(H,24,25,26). The molecule has 0 spiro atoms. The molecule has 1 aromatic carbocycles. The highest BCUT2D eigenvalue weighted by Crippen LogP contribution is 2.24. The summed E-state index contributed by atoms with van der Waals surface area (Å²) in [6.45, 7) is 5.68. The van der Waals surface area contributed by atoms with Crippen LogP contribution in [0.25, 0.3) is 22.6 Å². The number of morpholine rings is 1. The van der Waals surface area contributed by atoms with Crippen LogP contribution in [0.3, 0.4) is 0 Å². The fraction of sp³-hybridized carbons (Fsp3) is 0.318. The maximum absolute atomic E-state index is 5.41. The van der Waals surface area contributed by atoms with Crippen LogP contribution in [0, 0.1) is 0 Å². The van der Waals surface area contributed by atoms with E-state index in [0.29, 0.717) is 0 Å². The second kappa shape index (κ2) is 9.39. The SMILES string of the molecule is c1ccc(-c2nc(NCCCN3CCOCC3)cc(-c3ccncc3)n2)cc1. The van der Waals surface area contributed by atoms with Crippen molar-refractivity contribution in [3.63, 3.8) is 0 Å². The van der Waals surface area contributed by atoms with Gasteiger partial charge in [-0.2, -0.15) is 0 Å². The van der Waals surface area contributed by atoms with Gasteiger partial charge in [0.25, 0.3) is 0 Å². The normalized spacial score (nSPS) is 14.7. The van der Waals surface area contributed by atoms with E-state index in [1.54, 1.807) is 12.4 Å². The van der Waals surface area contributed by atoms with Crippen LogP contribution in [0.4, 0.5) is 5.82 Å². The number of anilines is 1. The molecule has 3 aromatic rings. The highest BCUT2D eigenvalue weighted by atomic mass is 16.5. The fourth-order valence-corrected chi connectivity index (χ4v) is 3.27. The van der Waals surface area contributed by atoms with Crippen LogP contribution in [0.5, 0.6) is 0 Å². The number of ether oxygens (including phenoxy) is 1. The smallest absolute Gasteiger partial charge is 0.162 e. The van der Waals surface area contributed by atoms with Gasteiger partial charge in [-0.3, -0.25) is 9.88 Å². The lowest BCUT2D eigenvalue weighted by atomic mass is 10.1. The zero-order valence-electron chi connectivity index (χ0n) is 15.9. The molecule has 1 saturated heterocycles. The maximum Gasteiger partial charge on any atom is 0.162 e. The van der Waals surface area contributed by atoms with E-state index in [1.807, 2.05) is 48.5 Å². The van der Waals surface area contributed by atoms with Gasteiger partial charge in [-0.25, -0.2) is 9.97 Å². The number of nitrogens with one attached hydrogen (secondary N) is 1. The zero-order valence-corrected chi connectivity index (χ0v) is 15.9. The van der Waals surface area contributed by atoms with E-state index < -0.39 is 0 Å². The summed E-state index contributed by atoms with van der Waals surface area (Å²) < 4.78 is 5.41. The van der Waals surface area contributed by atoms with E-state index in [2.05, 4.69) is 15.2 Å². The summed E-state index contributed by atoms with van der Waals surface area (Å²) in [6, 6.07) is 16.0. The van der Waals surface area contributed by atoms with Crippen LogP contribution < -0.4 is 5.32 Å². The van der Waals surface area contributed by atoms with Crippen LogP contribution >= 0.6 is 0 Å². The van der Waals surface area contributed by atoms with Gasteiger partial charge < -0.3 is 10.1 Å². The highest BCUT2D eigenvalue weighted by molar-refractivity contribution is 5.67. The predicted octanol–water partition coefficient (Wildman–Crippen LogP) is 3.34. The van der Waals surface area contributed by atoms with E-state index in [4.69, 9.17) is 14.7 Å². The van der Waals surface area contributed by atoms with Gasteiger partial charge in [0.2, 0.25) is 0 Å². The number of pyridine rings is 1. The summed E-state index contributed by atoms with van der Waals surface area (Å²) in [7, 11) is 0. The Kier molecular flexibility index (Phi) is 6.22. The Hall–Kier alpha value is -2.83. The number of benzene rings is 1. The quantitative estimate of drug-likeness (QED) is 0.639. The lowest BCUT2D eigenvalue weighted by molar-refractivity contribution is 0.0378. The molecule has 4 rings (SSSR count). The minimum Gasteiger partial charge on any atom is -0.379 e. The van der Waals surface area contributed by atoms with Gasteiger partial charge in [0.1, 0.15) is 5.82 Å². The molecule has 0 amide bonds. The Morgan fingerprint density at radius 3 is 2.50 bits per heavy atom. The van der Waals surface area contributed by atoms with Gasteiger partial charge in [-0.1, -0.05) is 30.3 Å². The van der Waals surface area contributed by atoms with Crippen molar-refractivity contribution >= 4 is 5.82 Å². The Labute approximate surface area is 165 Å². The average Bonchev–Trinajstić information content (AvgIpc) is 2.78. The molecule has 144 valence electrons. The average molecular weight is 375 g/mol. The first kappa shape index (κ1) is 18.5. The second-order valence-electron chi connectivity index (χ2n) is 6.80. The third-order valence-electron chi connectivity index (χ3n) is 4.80. The van der Waals surface area contributed by atoms with Crippen molar-refractivity contribution in [2.75, 3.05) is 44.7 Å². The molecule has 1 aliphatic rings. The summed E-state index contributed by atoms with van der Waals surface area (Å²) in [5.41, 5.74) is 2.94. The fourth-order valence-electron chi connectivity index (χ4n) is 3.27. The molecule has 0 aliphatic carbocycles. The third-order valence-corrected chi connectivity index (χ3v) is 4.80. The number of hydrogen-bond acceptors (Lipinski definition) is 6. The Bertz CT molecular complexity index is 809. The van der Waals surface area contributed by atoms with Gasteiger partial charge in [-0.15, -0.1) is 0 Å². The number of rotatable bonds is 7. The molecule has 0 bridgehead atoms.